The van der Waals surface area contributed by atoms with Crippen LogP contribution in [0, 0.1) is 0 Å². The van der Waals surface area contributed by atoms with Gasteiger partial charge in [0, 0.05) is 0 Å². The fourth-order valence-electron chi connectivity index (χ4n) is 0.748. The van der Waals surface area contributed by atoms with Crippen LogP contribution in [0.2, 0.25) is 0 Å². The second kappa shape index (κ2) is 5.41. The van der Waals surface area contributed by atoms with Crippen LogP contribution >= 0.6 is 0 Å². The fourth-order valence-corrected chi connectivity index (χ4v) is 0.748. The molecule has 72 valence electrons. The molecular weight excluding hydrogens is 177 g/mol. The van der Waals surface area contributed by atoms with Gasteiger partial charge in [-0.2, -0.15) is 13.2 Å². The van der Waals surface area contributed by atoms with Crippen LogP contribution in [-0.4, -0.2) is 6.18 Å². The number of allylic oxidation sites excluding steroid dienone is 6. The van der Waals surface area contributed by atoms with Crippen LogP contribution in [0.3, 0.4) is 0 Å². The van der Waals surface area contributed by atoms with Crippen molar-refractivity contribution in [3.63, 3.8) is 0 Å². The van der Waals surface area contributed by atoms with Crippen molar-refractivity contribution in [3.8, 4) is 0 Å². The van der Waals surface area contributed by atoms with Gasteiger partial charge < -0.3 is 0 Å². The van der Waals surface area contributed by atoms with Crippen LogP contribution in [0.1, 0.15) is 6.42 Å². The molecule has 0 unspecified atom stereocenters. The zero-order chi connectivity index (χ0) is 10.3. The van der Waals surface area contributed by atoms with Gasteiger partial charge in [-0.3, -0.25) is 0 Å². The molecule has 3 heteroatoms. The van der Waals surface area contributed by atoms with Crippen LogP contribution < -0.4 is 0 Å². The highest BCUT2D eigenvalue weighted by molar-refractivity contribution is 5.25. The number of hydrogen-bond acceptors (Lipinski definition) is 0. The first-order valence-corrected chi connectivity index (χ1v) is 3.67. The number of halogens is 3. The summed E-state index contributed by atoms with van der Waals surface area (Å²) in [6.07, 6.45) is 1.78. The van der Waals surface area contributed by atoms with Crippen molar-refractivity contribution in [1.82, 2.24) is 0 Å². The second-order valence-electron chi connectivity index (χ2n) is 2.36. The first-order chi connectivity index (χ1) is 5.99. The minimum absolute atomic E-state index is 0.169. The Labute approximate surface area is 75.8 Å². The Kier molecular flexibility index (Phi) is 4.89. The van der Waals surface area contributed by atoms with Crippen LogP contribution in [0.15, 0.2) is 49.1 Å². The Balaban J connectivity index is 4.45. The van der Waals surface area contributed by atoms with E-state index >= 15 is 0 Å². The van der Waals surface area contributed by atoms with Crippen LogP contribution in [-0.2, 0) is 0 Å². The smallest absolute Gasteiger partial charge is 0.171 e. The van der Waals surface area contributed by atoms with Gasteiger partial charge in [-0.25, -0.2) is 0 Å². The van der Waals surface area contributed by atoms with Crippen molar-refractivity contribution in [2.24, 2.45) is 0 Å². The number of alkyl halides is 3. The summed E-state index contributed by atoms with van der Waals surface area (Å²) in [5, 5.41) is 0. The van der Waals surface area contributed by atoms with Gasteiger partial charge in [-0.15, -0.1) is 0 Å². The largest absolute Gasteiger partial charge is 0.393 e. The van der Waals surface area contributed by atoms with E-state index < -0.39 is 12.6 Å². The number of rotatable bonds is 4. The maximum absolute atomic E-state index is 11.9. The van der Waals surface area contributed by atoms with Crippen molar-refractivity contribution in [2.45, 2.75) is 12.6 Å². The van der Waals surface area contributed by atoms with E-state index in [4.69, 9.17) is 0 Å². The molecule has 0 nitrogen and oxygen atoms in total. The predicted molar refractivity (Wildman–Crippen MR) is 48.3 cm³/mol. The quantitative estimate of drug-likeness (QED) is 0.589. The average Bonchev–Trinajstić information content (AvgIpc) is 1.98. The molecule has 0 aliphatic rings. The zero-order valence-corrected chi connectivity index (χ0v) is 7.14. The summed E-state index contributed by atoms with van der Waals surface area (Å²) >= 11 is 0. The molecule has 0 rings (SSSR count). The summed E-state index contributed by atoms with van der Waals surface area (Å²) in [6, 6.07) is 0. The Bertz CT molecular complexity index is 231. The summed E-state index contributed by atoms with van der Waals surface area (Å²) in [7, 11) is 0. The molecule has 0 aromatic heterocycles. The minimum Gasteiger partial charge on any atom is -0.171 e. The third-order valence-electron chi connectivity index (χ3n) is 1.18. The lowest BCUT2D eigenvalue weighted by Gasteiger charge is -2.05. The highest BCUT2D eigenvalue weighted by atomic mass is 19.4. The van der Waals surface area contributed by atoms with Crippen LogP contribution in [0.25, 0.3) is 0 Å². The Morgan fingerprint density at radius 3 is 2.15 bits per heavy atom. The lowest BCUT2D eigenvalue weighted by Crippen LogP contribution is -2.07. The molecule has 0 spiro atoms. The molecular formula is C10H11F3. The summed E-state index contributed by atoms with van der Waals surface area (Å²) in [5.41, 5.74) is 0.169. The van der Waals surface area contributed by atoms with Gasteiger partial charge >= 0.3 is 6.18 Å². The normalized spacial score (nSPS) is 13.3. The van der Waals surface area contributed by atoms with E-state index in [1.807, 2.05) is 0 Å². The second-order valence-corrected chi connectivity index (χ2v) is 2.36. The van der Waals surface area contributed by atoms with Gasteiger partial charge in [-0.05, 0) is 5.57 Å². The van der Waals surface area contributed by atoms with E-state index in [1.54, 1.807) is 0 Å². The molecule has 0 aliphatic carbocycles. The Morgan fingerprint density at radius 2 is 1.77 bits per heavy atom. The first kappa shape index (κ1) is 11.8. The molecule has 0 saturated heterocycles. The van der Waals surface area contributed by atoms with Crippen LogP contribution in [0.5, 0.6) is 0 Å². The van der Waals surface area contributed by atoms with Crippen LogP contribution in [0.4, 0.5) is 13.2 Å². The molecule has 0 radical (unpaired) electrons. The van der Waals surface area contributed by atoms with E-state index in [2.05, 4.69) is 13.2 Å². The summed E-state index contributed by atoms with van der Waals surface area (Å²) < 4.78 is 35.8. The van der Waals surface area contributed by atoms with E-state index in [0.29, 0.717) is 0 Å². The van der Waals surface area contributed by atoms with Crippen molar-refractivity contribution in [1.29, 1.82) is 0 Å². The van der Waals surface area contributed by atoms with Gasteiger partial charge in [0.05, 0.1) is 6.42 Å². The van der Waals surface area contributed by atoms with Crippen molar-refractivity contribution in [3.05, 3.63) is 49.1 Å². The van der Waals surface area contributed by atoms with Crippen molar-refractivity contribution in [2.75, 3.05) is 0 Å². The van der Waals surface area contributed by atoms with Crippen molar-refractivity contribution < 1.29 is 13.2 Å². The van der Waals surface area contributed by atoms with Crippen molar-refractivity contribution >= 4 is 0 Å². The van der Waals surface area contributed by atoms with E-state index in [1.165, 1.54) is 30.4 Å². The SMILES string of the molecule is C=C/C=C\C(=C/C=C)CC(F)(F)F. The Hall–Kier alpha value is -1.25. The monoisotopic (exact) mass is 188 g/mol. The van der Waals surface area contributed by atoms with E-state index in [-0.39, 0.29) is 5.57 Å². The van der Waals surface area contributed by atoms with Gasteiger partial charge in [-0.1, -0.05) is 43.5 Å². The summed E-state index contributed by atoms with van der Waals surface area (Å²) in [5.74, 6) is 0. The fraction of sp³-hybridized carbons (Fsp3) is 0.200. The first-order valence-electron chi connectivity index (χ1n) is 3.67. The van der Waals surface area contributed by atoms with Gasteiger partial charge in [0.15, 0.2) is 0 Å². The van der Waals surface area contributed by atoms with E-state index in [9.17, 15) is 13.2 Å². The molecule has 0 amide bonds. The predicted octanol–water partition coefficient (Wildman–Crippen LogP) is 3.79. The molecule has 0 aromatic rings. The maximum atomic E-state index is 11.9. The minimum atomic E-state index is -4.18. The molecule has 0 fully saturated rings. The third-order valence-corrected chi connectivity index (χ3v) is 1.18. The molecule has 0 aromatic carbocycles. The molecule has 0 bridgehead atoms. The lowest BCUT2D eigenvalue weighted by atomic mass is 10.1. The van der Waals surface area contributed by atoms with Gasteiger partial charge in [0.1, 0.15) is 0 Å². The lowest BCUT2D eigenvalue weighted by molar-refractivity contribution is -0.126. The molecule has 0 heterocycles. The maximum Gasteiger partial charge on any atom is 0.393 e. The van der Waals surface area contributed by atoms with E-state index in [0.717, 1.165) is 0 Å². The van der Waals surface area contributed by atoms with Gasteiger partial charge in [0.2, 0.25) is 0 Å². The zero-order valence-electron chi connectivity index (χ0n) is 7.14. The molecule has 0 aliphatic heterocycles. The standard InChI is InChI=1S/C10H11F3/c1-3-5-7-9(6-4-2)8-10(11,12)13/h3-7H,1-2,8H2/b7-5-,9-6+. The summed E-state index contributed by atoms with van der Waals surface area (Å²) in [6.45, 7) is 6.70. The third kappa shape index (κ3) is 7.12. The average molecular weight is 188 g/mol. The molecule has 0 N–H and O–H groups in total. The highest BCUT2D eigenvalue weighted by Gasteiger charge is 2.27. The molecule has 13 heavy (non-hydrogen) atoms. The Morgan fingerprint density at radius 1 is 1.15 bits per heavy atom. The number of hydrogen-bond donors (Lipinski definition) is 0. The molecule has 0 atom stereocenters. The summed E-state index contributed by atoms with van der Waals surface area (Å²) in [4.78, 5) is 0. The highest BCUT2D eigenvalue weighted by Crippen LogP contribution is 2.25. The molecule has 0 saturated carbocycles. The topological polar surface area (TPSA) is 0 Å². The van der Waals surface area contributed by atoms with Gasteiger partial charge in [0.25, 0.3) is 0 Å².